The van der Waals surface area contributed by atoms with Crippen molar-refractivity contribution in [1.29, 1.82) is 5.26 Å². The highest BCUT2D eigenvalue weighted by Crippen LogP contribution is 2.62. The molecule has 0 spiro atoms. The Morgan fingerprint density at radius 2 is 1.88 bits per heavy atom. The molecular weight excluding hydrogens is 212 g/mol. The summed E-state index contributed by atoms with van der Waals surface area (Å²) >= 11 is 0. The van der Waals surface area contributed by atoms with E-state index >= 15 is 0 Å². The molecule has 0 aromatic heterocycles. The van der Waals surface area contributed by atoms with Crippen LogP contribution in [-0.4, -0.2) is 38.3 Å². The molecule has 3 heteroatoms. The van der Waals surface area contributed by atoms with E-state index in [2.05, 4.69) is 18.0 Å². The monoisotopic (exact) mass is 234 g/mol. The van der Waals surface area contributed by atoms with Crippen LogP contribution in [0.25, 0.3) is 0 Å². The van der Waals surface area contributed by atoms with Crippen LogP contribution in [0, 0.1) is 28.1 Å². The first-order valence-corrected chi connectivity index (χ1v) is 6.90. The Morgan fingerprint density at radius 3 is 2.24 bits per heavy atom. The third-order valence-electron chi connectivity index (χ3n) is 5.59. The van der Waals surface area contributed by atoms with Crippen molar-refractivity contribution in [3.05, 3.63) is 0 Å². The Bertz CT molecular complexity index is 331. The van der Waals surface area contributed by atoms with Crippen LogP contribution in [0.1, 0.15) is 32.1 Å². The van der Waals surface area contributed by atoms with Gasteiger partial charge >= 0.3 is 0 Å². The van der Waals surface area contributed by atoms with Crippen LogP contribution in [0.15, 0.2) is 0 Å². The first-order chi connectivity index (χ1) is 8.22. The molecule has 0 aromatic carbocycles. The highest BCUT2D eigenvalue weighted by Gasteiger charge is 2.62. The van der Waals surface area contributed by atoms with E-state index in [1.807, 2.05) is 0 Å². The van der Waals surface area contributed by atoms with Gasteiger partial charge in [-0.2, -0.15) is 5.26 Å². The molecule has 2 aliphatic heterocycles. The maximum atomic E-state index is 9.60. The minimum atomic E-state index is -0.0359. The van der Waals surface area contributed by atoms with Gasteiger partial charge in [-0.15, -0.1) is 0 Å². The lowest BCUT2D eigenvalue weighted by Gasteiger charge is -2.60. The van der Waals surface area contributed by atoms with E-state index in [-0.39, 0.29) is 10.8 Å². The summed E-state index contributed by atoms with van der Waals surface area (Å²) in [5.74, 6) is 0.715. The molecule has 0 N–H and O–H groups in total. The molecule has 3 fully saturated rings. The van der Waals surface area contributed by atoms with E-state index < -0.39 is 0 Å². The number of nitrogens with zero attached hydrogens (tertiary/aromatic N) is 2. The van der Waals surface area contributed by atoms with Crippen LogP contribution >= 0.6 is 0 Å². The second-order valence-corrected chi connectivity index (χ2v) is 6.27. The minimum absolute atomic E-state index is 0.0359. The van der Waals surface area contributed by atoms with Crippen molar-refractivity contribution < 1.29 is 4.74 Å². The fraction of sp³-hybridized carbons (Fsp3) is 0.929. The van der Waals surface area contributed by atoms with Crippen molar-refractivity contribution in [3.8, 4) is 6.07 Å². The van der Waals surface area contributed by atoms with Crippen LogP contribution in [0.3, 0.4) is 0 Å². The number of nitriles is 1. The van der Waals surface area contributed by atoms with Gasteiger partial charge in [-0.3, -0.25) is 0 Å². The average molecular weight is 234 g/mol. The Morgan fingerprint density at radius 1 is 1.24 bits per heavy atom. The van der Waals surface area contributed by atoms with Crippen molar-refractivity contribution in [2.24, 2.45) is 16.7 Å². The van der Waals surface area contributed by atoms with Gasteiger partial charge in [-0.1, -0.05) is 6.42 Å². The van der Waals surface area contributed by atoms with E-state index in [0.29, 0.717) is 5.92 Å². The van der Waals surface area contributed by atoms with E-state index in [1.54, 1.807) is 0 Å². The smallest absolute Gasteiger partial charge is 0.0697 e. The molecule has 0 bridgehead atoms. The number of piperidine rings is 1. The summed E-state index contributed by atoms with van der Waals surface area (Å²) in [6, 6.07) is 2.67. The van der Waals surface area contributed by atoms with Gasteiger partial charge in [-0.05, 0) is 51.7 Å². The van der Waals surface area contributed by atoms with Crippen molar-refractivity contribution in [2.75, 3.05) is 33.4 Å². The molecule has 17 heavy (non-hydrogen) atoms. The molecule has 1 saturated carbocycles. The van der Waals surface area contributed by atoms with E-state index in [0.717, 1.165) is 26.1 Å². The Balaban J connectivity index is 1.80. The third-order valence-corrected chi connectivity index (χ3v) is 5.59. The van der Waals surface area contributed by atoms with Gasteiger partial charge in [-0.25, -0.2) is 0 Å². The molecule has 3 aliphatic rings. The topological polar surface area (TPSA) is 36.3 Å². The molecule has 1 aliphatic carbocycles. The highest BCUT2D eigenvalue weighted by molar-refractivity contribution is 5.19. The first-order valence-electron chi connectivity index (χ1n) is 6.90. The average Bonchev–Trinajstić information content (AvgIpc) is 2.22. The largest absolute Gasteiger partial charge is 0.380 e. The van der Waals surface area contributed by atoms with Crippen molar-refractivity contribution in [2.45, 2.75) is 32.1 Å². The predicted octanol–water partition coefficient (Wildman–Crippen LogP) is 2.04. The summed E-state index contributed by atoms with van der Waals surface area (Å²) in [4.78, 5) is 2.41. The van der Waals surface area contributed by atoms with E-state index in [9.17, 15) is 5.26 Å². The molecule has 0 unspecified atom stereocenters. The van der Waals surface area contributed by atoms with Gasteiger partial charge in [0.1, 0.15) is 0 Å². The molecule has 0 radical (unpaired) electrons. The molecule has 2 saturated heterocycles. The summed E-state index contributed by atoms with van der Waals surface area (Å²) in [6.45, 7) is 4.06. The van der Waals surface area contributed by atoms with Gasteiger partial charge < -0.3 is 9.64 Å². The van der Waals surface area contributed by atoms with Crippen LogP contribution in [0.2, 0.25) is 0 Å². The summed E-state index contributed by atoms with van der Waals surface area (Å²) in [5.41, 5.74) is 0.174. The lowest BCUT2D eigenvalue weighted by Crippen LogP contribution is -2.62. The zero-order valence-corrected chi connectivity index (χ0v) is 10.7. The number of ether oxygens (including phenoxy) is 1. The fourth-order valence-electron chi connectivity index (χ4n) is 4.04. The van der Waals surface area contributed by atoms with Crippen LogP contribution in [-0.2, 0) is 4.74 Å². The van der Waals surface area contributed by atoms with Crippen LogP contribution < -0.4 is 0 Å². The van der Waals surface area contributed by atoms with E-state index in [1.165, 1.54) is 32.4 Å². The van der Waals surface area contributed by atoms with Crippen LogP contribution in [0.5, 0.6) is 0 Å². The van der Waals surface area contributed by atoms with Gasteiger partial charge in [0, 0.05) is 5.41 Å². The number of likely N-dealkylation sites (tertiary alicyclic amines) is 1. The van der Waals surface area contributed by atoms with Gasteiger partial charge in [0.15, 0.2) is 0 Å². The van der Waals surface area contributed by atoms with Gasteiger partial charge in [0.2, 0.25) is 0 Å². The molecular formula is C14H22N2O. The molecule has 94 valence electrons. The van der Waals surface area contributed by atoms with Crippen molar-refractivity contribution in [3.63, 3.8) is 0 Å². The molecule has 0 amide bonds. The molecule has 0 atom stereocenters. The third kappa shape index (κ3) is 1.47. The first kappa shape index (κ1) is 11.5. The summed E-state index contributed by atoms with van der Waals surface area (Å²) in [5, 5.41) is 9.60. The standard InChI is InChI=1S/C14H22N2O/c1-16-7-3-12(4-8-16)14(10-17-11-14)13(9-15)5-2-6-13/h12H,2-8,10-11H2,1H3. The summed E-state index contributed by atoms with van der Waals surface area (Å²) in [7, 11) is 2.20. The van der Waals surface area contributed by atoms with Gasteiger partial charge in [0.05, 0.1) is 24.7 Å². The number of rotatable bonds is 2. The molecule has 0 aromatic rings. The summed E-state index contributed by atoms with van der Waals surface area (Å²) < 4.78 is 5.54. The van der Waals surface area contributed by atoms with E-state index in [4.69, 9.17) is 4.74 Å². The zero-order valence-electron chi connectivity index (χ0n) is 10.7. The zero-order chi connectivity index (χ0) is 11.9. The van der Waals surface area contributed by atoms with Gasteiger partial charge in [0.25, 0.3) is 0 Å². The fourth-order valence-corrected chi connectivity index (χ4v) is 4.04. The minimum Gasteiger partial charge on any atom is -0.380 e. The molecule has 3 nitrogen and oxygen atoms in total. The second-order valence-electron chi connectivity index (χ2n) is 6.27. The lowest BCUT2D eigenvalue weighted by atomic mass is 9.47. The predicted molar refractivity (Wildman–Crippen MR) is 65.4 cm³/mol. The highest BCUT2D eigenvalue weighted by atomic mass is 16.5. The quantitative estimate of drug-likeness (QED) is 0.733. The molecule has 2 heterocycles. The molecule has 3 rings (SSSR count). The summed E-state index contributed by atoms with van der Waals surface area (Å²) in [6.07, 6.45) is 5.97. The lowest BCUT2D eigenvalue weighted by molar-refractivity contribution is -0.225. The maximum absolute atomic E-state index is 9.60. The van der Waals surface area contributed by atoms with Crippen LogP contribution in [0.4, 0.5) is 0 Å². The Kier molecular flexibility index (Phi) is 2.68. The SMILES string of the molecule is CN1CCC(C2(C3(C#N)CCC3)COC2)CC1. The second kappa shape index (κ2) is 3.96. The van der Waals surface area contributed by atoms with Crippen molar-refractivity contribution >= 4 is 0 Å². The Labute approximate surface area is 104 Å². The Hall–Kier alpha value is -0.590. The maximum Gasteiger partial charge on any atom is 0.0697 e. The normalized spacial score (nSPS) is 32.2. The number of hydrogen-bond acceptors (Lipinski definition) is 3. The number of hydrogen-bond donors (Lipinski definition) is 0. The van der Waals surface area contributed by atoms with Crippen molar-refractivity contribution in [1.82, 2.24) is 4.90 Å².